The number of carboxylic acid groups (broad SMARTS) is 1. The van der Waals surface area contributed by atoms with Crippen LogP contribution >= 0.6 is 0 Å². The van der Waals surface area contributed by atoms with Crippen molar-refractivity contribution in [1.29, 1.82) is 0 Å². The quantitative estimate of drug-likeness (QED) is 0.861. The van der Waals surface area contributed by atoms with E-state index < -0.39 is 11.5 Å². The monoisotopic (exact) mass is 279 g/mol. The minimum absolute atomic E-state index is 0.109. The SMILES string of the molecule is COc1cc(NC2(CC(=O)O)CCCCC2)nc(C)n1. The molecule has 1 heterocycles. The molecule has 0 aromatic carbocycles. The van der Waals surface area contributed by atoms with E-state index in [1.165, 1.54) is 0 Å². The van der Waals surface area contributed by atoms with Crippen LogP contribution in [-0.2, 0) is 4.79 Å². The van der Waals surface area contributed by atoms with Crippen LogP contribution in [-0.4, -0.2) is 33.7 Å². The first-order chi connectivity index (χ1) is 9.53. The third-order valence-corrected chi connectivity index (χ3v) is 3.72. The number of hydrogen-bond acceptors (Lipinski definition) is 5. The number of anilines is 1. The first-order valence-electron chi connectivity index (χ1n) is 6.93. The van der Waals surface area contributed by atoms with Crippen LogP contribution in [0.2, 0.25) is 0 Å². The Labute approximate surface area is 118 Å². The molecule has 0 amide bonds. The van der Waals surface area contributed by atoms with Crippen LogP contribution in [0.3, 0.4) is 0 Å². The van der Waals surface area contributed by atoms with Gasteiger partial charge in [-0.3, -0.25) is 4.79 Å². The van der Waals surface area contributed by atoms with Crippen molar-refractivity contribution in [3.63, 3.8) is 0 Å². The lowest BCUT2D eigenvalue weighted by atomic mass is 9.79. The number of rotatable bonds is 5. The van der Waals surface area contributed by atoms with Crippen molar-refractivity contribution in [2.24, 2.45) is 0 Å². The Balaban J connectivity index is 2.22. The Morgan fingerprint density at radius 1 is 1.40 bits per heavy atom. The number of methoxy groups -OCH3 is 1. The van der Waals surface area contributed by atoms with Crippen LogP contribution in [0.1, 0.15) is 44.3 Å². The first kappa shape index (κ1) is 14.6. The second-order valence-corrected chi connectivity index (χ2v) is 5.38. The van der Waals surface area contributed by atoms with Crippen LogP contribution in [0.25, 0.3) is 0 Å². The highest BCUT2D eigenvalue weighted by molar-refractivity contribution is 5.69. The van der Waals surface area contributed by atoms with E-state index in [1.807, 2.05) is 0 Å². The summed E-state index contributed by atoms with van der Waals surface area (Å²) in [7, 11) is 1.55. The molecule has 110 valence electrons. The number of hydrogen-bond donors (Lipinski definition) is 2. The third kappa shape index (κ3) is 3.59. The summed E-state index contributed by atoms with van der Waals surface area (Å²) in [5, 5.41) is 12.5. The molecule has 20 heavy (non-hydrogen) atoms. The molecule has 1 fully saturated rings. The van der Waals surface area contributed by atoms with Crippen LogP contribution in [0.5, 0.6) is 5.88 Å². The first-order valence-corrected chi connectivity index (χ1v) is 6.93. The van der Waals surface area contributed by atoms with Gasteiger partial charge in [0, 0.05) is 11.6 Å². The van der Waals surface area contributed by atoms with E-state index in [9.17, 15) is 4.79 Å². The molecule has 6 nitrogen and oxygen atoms in total. The van der Waals surface area contributed by atoms with Crippen molar-refractivity contribution in [2.75, 3.05) is 12.4 Å². The van der Waals surface area contributed by atoms with Gasteiger partial charge in [0.1, 0.15) is 11.6 Å². The number of ether oxygens (including phenoxy) is 1. The Morgan fingerprint density at radius 3 is 2.70 bits per heavy atom. The molecule has 1 aromatic heterocycles. The number of nitrogens with zero attached hydrogens (tertiary/aromatic N) is 2. The van der Waals surface area contributed by atoms with Gasteiger partial charge < -0.3 is 15.2 Å². The molecule has 0 saturated heterocycles. The molecule has 1 aliphatic carbocycles. The Bertz CT molecular complexity index is 485. The number of nitrogens with one attached hydrogen (secondary N) is 1. The summed E-state index contributed by atoms with van der Waals surface area (Å²) in [6.07, 6.45) is 5.06. The van der Waals surface area contributed by atoms with Gasteiger partial charge in [0.2, 0.25) is 5.88 Å². The third-order valence-electron chi connectivity index (χ3n) is 3.72. The second-order valence-electron chi connectivity index (χ2n) is 5.38. The largest absolute Gasteiger partial charge is 0.481 e. The molecule has 0 bridgehead atoms. The van der Waals surface area contributed by atoms with Crippen LogP contribution in [0.15, 0.2) is 6.07 Å². The van der Waals surface area contributed by atoms with Crippen molar-refractivity contribution in [1.82, 2.24) is 9.97 Å². The Kier molecular flexibility index (Phi) is 4.42. The maximum Gasteiger partial charge on any atom is 0.305 e. The molecule has 0 atom stereocenters. The van der Waals surface area contributed by atoms with Gasteiger partial charge in [-0.05, 0) is 19.8 Å². The molecular weight excluding hydrogens is 258 g/mol. The zero-order valence-electron chi connectivity index (χ0n) is 12.0. The van der Waals surface area contributed by atoms with Gasteiger partial charge in [-0.2, -0.15) is 4.98 Å². The molecule has 0 radical (unpaired) electrons. The summed E-state index contributed by atoms with van der Waals surface area (Å²) in [6.45, 7) is 1.79. The van der Waals surface area contributed by atoms with Crippen LogP contribution in [0.4, 0.5) is 5.82 Å². The fourth-order valence-electron chi connectivity index (χ4n) is 2.84. The molecule has 1 aliphatic rings. The summed E-state index contributed by atoms with van der Waals surface area (Å²) in [6, 6.07) is 1.71. The summed E-state index contributed by atoms with van der Waals surface area (Å²) < 4.78 is 5.13. The van der Waals surface area contributed by atoms with Crippen molar-refractivity contribution in [3.8, 4) is 5.88 Å². The number of carboxylic acids is 1. The molecule has 1 aromatic rings. The van der Waals surface area contributed by atoms with Crippen molar-refractivity contribution in [2.45, 2.75) is 51.0 Å². The average Bonchev–Trinajstić information content (AvgIpc) is 2.37. The highest BCUT2D eigenvalue weighted by atomic mass is 16.5. The van der Waals surface area contributed by atoms with Gasteiger partial charge in [0.15, 0.2) is 0 Å². The number of carbonyl (C=O) groups is 1. The minimum Gasteiger partial charge on any atom is -0.481 e. The smallest absolute Gasteiger partial charge is 0.305 e. The second kappa shape index (κ2) is 6.07. The zero-order chi connectivity index (χ0) is 14.6. The Morgan fingerprint density at radius 2 is 2.10 bits per heavy atom. The van der Waals surface area contributed by atoms with Gasteiger partial charge in [-0.25, -0.2) is 4.98 Å². The molecule has 0 aliphatic heterocycles. The molecule has 6 heteroatoms. The normalized spacial score (nSPS) is 17.5. The number of aryl methyl sites for hydroxylation is 1. The molecule has 0 spiro atoms. The molecule has 1 saturated carbocycles. The number of aromatic nitrogens is 2. The van der Waals surface area contributed by atoms with E-state index in [0.29, 0.717) is 17.5 Å². The number of aliphatic carboxylic acids is 1. The van der Waals surface area contributed by atoms with Crippen molar-refractivity contribution < 1.29 is 14.6 Å². The lowest BCUT2D eigenvalue weighted by Gasteiger charge is -2.37. The van der Waals surface area contributed by atoms with Gasteiger partial charge in [-0.1, -0.05) is 19.3 Å². The lowest BCUT2D eigenvalue weighted by molar-refractivity contribution is -0.138. The van der Waals surface area contributed by atoms with Gasteiger partial charge in [-0.15, -0.1) is 0 Å². The lowest BCUT2D eigenvalue weighted by Crippen LogP contribution is -2.42. The van der Waals surface area contributed by atoms with Gasteiger partial charge >= 0.3 is 5.97 Å². The highest BCUT2D eigenvalue weighted by Crippen LogP contribution is 2.34. The van der Waals surface area contributed by atoms with Crippen LogP contribution < -0.4 is 10.1 Å². The van der Waals surface area contributed by atoms with Gasteiger partial charge in [0.05, 0.1) is 13.5 Å². The molecule has 2 rings (SSSR count). The minimum atomic E-state index is -0.780. The fourth-order valence-corrected chi connectivity index (χ4v) is 2.84. The summed E-state index contributed by atoms with van der Waals surface area (Å²) in [5.41, 5.74) is -0.407. The molecular formula is C14H21N3O3. The van der Waals surface area contributed by atoms with E-state index in [2.05, 4.69) is 15.3 Å². The van der Waals surface area contributed by atoms with E-state index in [4.69, 9.17) is 9.84 Å². The topological polar surface area (TPSA) is 84.3 Å². The van der Waals surface area contributed by atoms with E-state index >= 15 is 0 Å². The maximum absolute atomic E-state index is 11.2. The van der Waals surface area contributed by atoms with Crippen molar-refractivity contribution >= 4 is 11.8 Å². The molecule has 0 unspecified atom stereocenters. The predicted molar refractivity (Wildman–Crippen MR) is 75.0 cm³/mol. The van der Waals surface area contributed by atoms with Crippen molar-refractivity contribution in [3.05, 3.63) is 11.9 Å². The summed E-state index contributed by atoms with van der Waals surface area (Å²) in [4.78, 5) is 19.6. The zero-order valence-corrected chi connectivity index (χ0v) is 12.0. The van der Waals surface area contributed by atoms with E-state index in [0.717, 1.165) is 32.1 Å². The highest BCUT2D eigenvalue weighted by Gasteiger charge is 2.34. The standard InChI is InChI=1S/C14H21N3O3/c1-10-15-11(8-12(16-10)20-2)17-14(9-13(18)19)6-4-3-5-7-14/h8H,3-7,9H2,1-2H3,(H,18,19)(H,15,16,17). The molecule has 2 N–H and O–H groups in total. The predicted octanol–water partition coefficient (Wildman–Crippen LogP) is 2.38. The fraction of sp³-hybridized carbons (Fsp3) is 0.643. The van der Waals surface area contributed by atoms with E-state index in [-0.39, 0.29) is 6.42 Å². The van der Waals surface area contributed by atoms with E-state index in [1.54, 1.807) is 20.1 Å². The average molecular weight is 279 g/mol. The summed E-state index contributed by atoms with van der Waals surface area (Å²) >= 11 is 0. The summed E-state index contributed by atoms with van der Waals surface area (Å²) in [5.74, 6) is 0.948. The Hall–Kier alpha value is -1.85. The van der Waals surface area contributed by atoms with Crippen LogP contribution in [0, 0.1) is 6.92 Å². The van der Waals surface area contributed by atoms with Gasteiger partial charge in [0.25, 0.3) is 0 Å². The maximum atomic E-state index is 11.2.